The van der Waals surface area contributed by atoms with Gasteiger partial charge in [0, 0.05) is 25.7 Å². The highest BCUT2D eigenvalue weighted by Gasteiger charge is 2.46. The van der Waals surface area contributed by atoms with E-state index in [1.54, 1.807) is 6.07 Å². The highest BCUT2D eigenvalue weighted by molar-refractivity contribution is 5.89. The zero-order valence-electron chi connectivity index (χ0n) is 13.3. The van der Waals surface area contributed by atoms with Gasteiger partial charge < -0.3 is 11.1 Å². The van der Waals surface area contributed by atoms with Gasteiger partial charge in [-0.05, 0) is 43.4 Å². The van der Waals surface area contributed by atoms with Crippen molar-refractivity contribution >= 4 is 30.7 Å². The van der Waals surface area contributed by atoms with Crippen molar-refractivity contribution in [3.05, 3.63) is 35.4 Å². The lowest BCUT2D eigenvalue weighted by molar-refractivity contribution is -0.124. The molecule has 0 spiro atoms. The third-order valence-corrected chi connectivity index (χ3v) is 4.55. The second-order valence-electron chi connectivity index (χ2n) is 6.43. The second-order valence-corrected chi connectivity index (χ2v) is 6.43. The molecule has 1 heterocycles. The molecule has 1 aliphatic carbocycles. The van der Waals surface area contributed by atoms with Gasteiger partial charge >= 0.3 is 0 Å². The minimum Gasteiger partial charge on any atom is -0.352 e. The monoisotopic (exact) mass is 381 g/mol. The first-order valence-corrected chi connectivity index (χ1v) is 7.72. The van der Waals surface area contributed by atoms with Crippen LogP contribution in [-0.4, -0.2) is 35.5 Å². The smallest absolute Gasteiger partial charge is 0.240 e. The molecule has 0 aromatic heterocycles. The Morgan fingerprint density at radius 1 is 1.21 bits per heavy atom. The van der Waals surface area contributed by atoms with E-state index in [-0.39, 0.29) is 36.8 Å². The first kappa shape index (κ1) is 21.1. The fourth-order valence-corrected chi connectivity index (χ4v) is 2.82. The Balaban J connectivity index is 0.00000144. The average molecular weight is 382 g/mol. The molecule has 136 valence electrons. The lowest BCUT2D eigenvalue weighted by Gasteiger charge is -2.32. The fraction of sp³-hybridized carbons (Fsp3) is 0.562. The Hall–Kier alpha value is -0.950. The van der Waals surface area contributed by atoms with Gasteiger partial charge in [0.25, 0.3) is 0 Å². The Labute approximate surface area is 153 Å². The molecule has 2 aliphatic rings. The number of hydrogen-bond acceptors (Lipinski definition) is 3. The van der Waals surface area contributed by atoms with E-state index in [4.69, 9.17) is 5.73 Å². The van der Waals surface area contributed by atoms with Crippen LogP contribution in [0.2, 0.25) is 0 Å². The molecule has 0 radical (unpaired) electrons. The Kier molecular flexibility index (Phi) is 7.41. The van der Waals surface area contributed by atoms with Crippen LogP contribution in [0.15, 0.2) is 18.2 Å². The van der Waals surface area contributed by atoms with Gasteiger partial charge in [0.15, 0.2) is 11.6 Å². The summed E-state index contributed by atoms with van der Waals surface area (Å²) in [5.41, 5.74) is 6.02. The molecule has 0 bridgehead atoms. The van der Waals surface area contributed by atoms with Crippen molar-refractivity contribution in [1.29, 1.82) is 0 Å². The number of halogens is 4. The maximum absolute atomic E-state index is 13.2. The molecule has 2 fully saturated rings. The van der Waals surface area contributed by atoms with Gasteiger partial charge in [-0.1, -0.05) is 6.07 Å². The summed E-state index contributed by atoms with van der Waals surface area (Å²) in [5.74, 6) is -1.66. The molecule has 0 atom stereocenters. The Bertz CT molecular complexity index is 576. The van der Waals surface area contributed by atoms with Gasteiger partial charge in [0.05, 0.1) is 5.54 Å². The third kappa shape index (κ3) is 5.02. The Morgan fingerprint density at radius 3 is 2.38 bits per heavy atom. The summed E-state index contributed by atoms with van der Waals surface area (Å²) < 4.78 is 26.1. The molecular formula is C16H23Cl2F2N3O. The number of nitrogens with two attached hydrogens (primary N) is 1. The summed E-state index contributed by atoms with van der Waals surface area (Å²) in [4.78, 5) is 14.1. The summed E-state index contributed by atoms with van der Waals surface area (Å²) in [7, 11) is 0. The van der Waals surface area contributed by atoms with Crippen molar-refractivity contribution < 1.29 is 13.6 Å². The van der Waals surface area contributed by atoms with Crippen LogP contribution in [0.25, 0.3) is 0 Å². The molecule has 1 aliphatic heterocycles. The number of carbonyl (C=O) groups is 1. The van der Waals surface area contributed by atoms with Gasteiger partial charge in [0.1, 0.15) is 0 Å². The first-order chi connectivity index (χ1) is 10.5. The van der Waals surface area contributed by atoms with Crippen LogP contribution in [0.3, 0.4) is 0 Å². The zero-order valence-corrected chi connectivity index (χ0v) is 14.9. The number of piperidine rings is 1. The van der Waals surface area contributed by atoms with E-state index in [0.717, 1.165) is 50.4 Å². The van der Waals surface area contributed by atoms with Crippen molar-refractivity contribution in [2.75, 3.05) is 13.1 Å². The number of rotatable bonds is 4. The predicted molar refractivity (Wildman–Crippen MR) is 93.4 cm³/mol. The minimum absolute atomic E-state index is 0. The van der Waals surface area contributed by atoms with Crippen LogP contribution in [0.4, 0.5) is 8.78 Å². The predicted octanol–water partition coefficient (Wildman–Crippen LogP) is 2.38. The van der Waals surface area contributed by atoms with E-state index < -0.39 is 17.2 Å². The van der Waals surface area contributed by atoms with Gasteiger partial charge in [-0.15, -0.1) is 24.8 Å². The molecule has 8 heteroatoms. The largest absolute Gasteiger partial charge is 0.352 e. The number of amides is 1. The lowest BCUT2D eigenvalue weighted by Crippen LogP contribution is -2.50. The maximum Gasteiger partial charge on any atom is 0.240 e. The fourth-order valence-electron chi connectivity index (χ4n) is 2.82. The first-order valence-electron chi connectivity index (χ1n) is 7.72. The van der Waals surface area contributed by atoms with Gasteiger partial charge in [-0.2, -0.15) is 0 Å². The van der Waals surface area contributed by atoms with E-state index in [1.807, 2.05) is 0 Å². The summed E-state index contributed by atoms with van der Waals surface area (Å²) in [5, 5.41) is 3.02. The van der Waals surface area contributed by atoms with E-state index in [0.29, 0.717) is 6.54 Å². The van der Waals surface area contributed by atoms with E-state index in [9.17, 15) is 13.6 Å². The van der Waals surface area contributed by atoms with E-state index >= 15 is 0 Å². The summed E-state index contributed by atoms with van der Waals surface area (Å²) in [6, 6.07) is 4.18. The second kappa shape index (κ2) is 8.43. The van der Waals surface area contributed by atoms with Crippen LogP contribution in [0.5, 0.6) is 0 Å². The molecule has 3 N–H and O–H groups in total. The van der Waals surface area contributed by atoms with E-state index in [2.05, 4.69) is 10.2 Å². The van der Waals surface area contributed by atoms with Crippen molar-refractivity contribution in [2.45, 2.75) is 43.8 Å². The van der Waals surface area contributed by atoms with Crippen molar-refractivity contribution in [3.63, 3.8) is 0 Å². The SMILES string of the molecule is Cl.Cl.NC1(C(=O)NC2CCN(Cc3ccc(F)c(F)c3)CC2)CC1. The number of hydrogen-bond donors (Lipinski definition) is 2. The summed E-state index contributed by atoms with van der Waals surface area (Å²) >= 11 is 0. The van der Waals surface area contributed by atoms with Crippen LogP contribution >= 0.6 is 24.8 Å². The number of nitrogens with zero attached hydrogens (tertiary/aromatic N) is 1. The third-order valence-electron chi connectivity index (χ3n) is 4.55. The summed E-state index contributed by atoms with van der Waals surface area (Å²) in [6.07, 6.45) is 3.25. The van der Waals surface area contributed by atoms with Gasteiger partial charge in [-0.3, -0.25) is 9.69 Å². The number of benzene rings is 1. The van der Waals surface area contributed by atoms with Crippen LogP contribution in [0.1, 0.15) is 31.2 Å². The van der Waals surface area contributed by atoms with Crippen LogP contribution in [-0.2, 0) is 11.3 Å². The molecular weight excluding hydrogens is 359 g/mol. The minimum atomic E-state index is -0.819. The van der Waals surface area contributed by atoms with Crippen molar-refractivity contribution in [1.82, 2.24) is 10.2 Å². The number of carbonyl (C=O) groups excluding carboxylic acids is 1. The zero-order chi connectivity index (χ0) is 15.7. The van der Waals surface area contributed by atoms with Gasteiger partial charge in [0.2, 0.25) is 5.91 Å². The number of likely N-dealkylation sites (tertiary alicyclic amines) is 1. The molecule has 3 rings (SSSR count). The average Bonchev–Trinajstić information content (AvgIpc) is 3.24. The number of nitrogens with one attached hydrogen (secondary N) is 1. The molecule has 1 saturated carbocycles. The molecule has 4 nitrogen and oxygen atoms in total. The van der Waals surface area contributed by atoms with Crippen LogP contribution in [0, 0.1) is 11.6 Å². The van der Waals surface area contributed by atoms with Crippen LogP contribution < -0.4 is 11.1 Å². The summed E-state index contributed by atoms with van der Waals surface area (Å²) in [6.45, 7) is 2.24. The molecule has 1 amide bonds. The lowest BCUT2D eigenvalue weighted by atomic mass is 10.0. The molecule has 1 aromatic carbocycles. The highest BCUT2D eigenvalue weighted by Crippen LogP contribution is 2.32. The molecule has 1 saturated heterocycles. The highest BCUT2D eigenvalue weighted by atomic mass is 35.5. The van der Waals surface area contributed by atoms with Crippen molar-refractivity contribution in [2.24, 2.45) is 5.73 Å². The van der Waals surface area contributed by atoms with Crippen molar-refractivity contribution in [3.8, 4) is 0 Å². The standard InChI is InChI=1S/C16H21F2N3O.2ClH/c17-13-2-1-11(9-14(13)18)10-21-7-3-12(4-8-21)20-15(22)16(19)5-6-16;;/h1-2,9,12H,3-8,10,19H2,(H,20,22);2*1H. The van der Waals surface area contributed by atoms with E-state index in [1.165, 1.54) is 6.07 Å². The normalized spacial score (nSPS) is 19.8. The molecule has 0 unspecified atom stereocenters. The Morgan fingerprint density at radius 2 is 1.83 bits per heavy atom. The van der Waals surface area contributed by atoms with Gasteiger partial charge in [-0.25, -0.2) is 8.78 Å². The topological polar surface area (TPSA) is 58.4 Å². The quantitative estimate of drug-likeness (QED) is 0.841. The molecule has 24 heavy (non-hydrogen) atoms. The maximum atomic E-state index is 13.2. The molecule has 1 aromatic rings.